The number of carbonyl (C=O) groups is 1. The van der Waals surface area contributed by atoms with E-state index in [1.165, 1.54) is 6.07 Å². The van der Waals surface area contributed by atoms with Gasteiger partial charge in [0, 0.05) is 5.56 Å². The van der Waals surface area contributed by atoms with Crippen LogP contribution in [0, 0.1) is 24.5 Å². The first kappa shape index (κ1) is 14.7. The first-order valence-corrected chi connectivity index (χ1v) is 7.37. The summed E-state index contributed by atoms with van der Waals surface area (Å²) >= 11 is 0. The number of hydrogen-bond acceptors (Lipinski definition) is 1. The third-order valence-electron chi connectivity index (χ3n) is 4.00. The second-order valence-electron chi connectivity index (χ2n) is 5.83. The van der Waals surface area contributed by atoms with Gasteiger partial charge < -0.3 is 5.32 Å². The molecule has 0 aliphatic heterocycles. The number of carbonyl (C=O) groups excluding carboxylic acids is 1. The fourth-order valence-electron chi connectivity index (χ4n) is 2.54. The quantitative estimate of drug-likeness (QED) is 0.903. The lowest BCUT2D eigenvalue weighted by atomic mass is 10.0. The third-order valence-corrected chi connectivity index (χ3v) is 4.00. The Kier molecular flexibility index (Phi) is 3.92. The van der Waals surface area contributed by atoms with Crippen molar-refractivity contribution in [2.24, 2.45) is 5.92 Å². The van der Waals surface area contributed by atoms with E-state index in [1.807, 2.05) is 31.2 Å². The topological polar surface area (TPSA) is 29.1 Å². The molecule has 2 aromatic rings. The Hall–Kier alpha value is -2.23. The van der Waals surface area contributed by atoms with Crippen LogP contribution in [0.25, 0.3) is 0 Å². The number of amides is 1. The Morgan fingerprint density at radius 1 is 1.09 bits per heavy atom. The van der Waals surface area contributed by atoms with Crippen LogP contribution in [-0.2, 0) is 0 Å². The largest absolute Gasteiger partial charge is 0.345 e. The van der Waals surface area contributed by atoms with Gasteiger partial charge in [-0.3, -0.25) is 4.79 Å². The minimum Gasteiger partial charge on any atom is -0.345 e. The normalized spacial score (nSPS) is 15.4. The summed E-state index contributed by atoms with van der Waals surface area (Å²) in [6.07, 6.45) is 2.13. The smallest absolute Gasteiger partial charge is 0.251 e. The summed E-state index contributed by atoms with van der Waals surface area (Å²) in [7, 11) is 0. The highest BCUT2D eigenvalue weighted by atomic mass is 19.2. The van der Waals surface area contributed by atoms with Crippen LogP contribution in [0.4, 0.5) is 8.78 Å². The van der Waals surface area contributed by atoms with Crippen LogP contribution in [-0.4, -0.2) is 5.91 Å². The van der Waals surface area contributed by atoms with Crippen molar-refractivity contribution < 1.29 is 13.6 Å². The van der Waals surface area contributed by atoms with Crippen LogP contribution in [0.3, 0.4) is 0 Å². The number of hydrogen-bond donors (Lipinski definition) is 1. The molecule has 114 valence electrons. The molecule has 2 aromatic carbocycles. The molecule has 0 heterocycles. The van der Waals surface area contributed by atoms with E-state index in [-0.39, 0.29) is 17.5 Å². The molecular formula is C18H17F2NO. The van der Waals surface area contributed by atoms with E-state index in [9.17, 15) is 13.6 Å². The number of benzene rings is 2. The van der Waals surface area contributed by atoms with Crippen LogP contribution in [0.5, 0.6) is 0 Å². The maximum Gasteiger partial charge on any atom is 0.251 e. The molecule has 1 fully saturated rings. The summed E-state index contributed by atoms with van der Waals surface area (Å²) in [6.45, 7) is 2.01. The molecule has 0 spiro atoms. The van der Waals surface area contributed by atoms with E-state index >= 15 is 0 Å². The number of aryl methyl sites for hydroxylation is 1. The monoisotopic (exact) mass is 301 g/mol. The summed E-state index contributed by atoms with van der Waals surface area (Å²) in [6, 6.07) is 11.1. The highest BCUT2D eigenvalue weighted by molar-refractivity contribution is 5.94. The maximum absolute atomic E-state index is 13.3. The molecule has 0 bridgehead atoms. The van der Waals surface area contributed by atoms with Gasteiger partial charge in [-0.2, -0.15) is 0 Å². The Morgan fingerprint density at radius 2 is 1.77 bits per heavy atom. The van der Waals surface area contributed by atoms with Gasteiger partial charge >= 0.3 is 0 Å². The molecule has 4 heteroatoms. The Morgan fingerprint density at radius 3 is 2.36 bits per heavy atom. The number of halogens is 2. The zero-order valence-electron chi connectivity index (χ0n) is 12.3. The summed E-state index contributed by atoms with van der Waals surface area (Å²) in [4.78, 5) is 12.3. The predicted octanol–water partition coefficient (Wildman–Crippen LogP) is 4.15. The minimum absolute atomic E-state index is 0.0822. The van der Waals surface area contributed by atoms with Crippen LogP contribution in [0.1, 0.15) is 40.4 Å². The highest BCUT2D eigenvalue weighted by Gasteiger charge is 2.33. The fourth-order valence-corrected chi connectivity index (χ4v) is 2.54. The van der Waals surface area contributed by atoms with Crippen molar-refractivity contribution in [2.45, 2.75) is 25.8 Å². The van der Waals surface area contributed by atoms with Gasteiger partial charge in [0.2, 0.25) is 0 Å². The summed E-state index contributed by atoms with van der Waals surface area (Å²) in [5, 5.41) is 2.95. The Labute approximate surface area is 128 Å². The van der Waals surface area contributed by atoms with Crippen molar-refractivity contribution in [3.8, 4) is 0 Å². The molecule has 0 saturated heterocycles. The van der Waals surface area contributed by atoms with Crippen molar-refractivity contribution in [1.29, 1.82) is 0 Å². The summed E-state index contributed by atoms with van der Waals surface area (Å²) in [5.74, 6) is -1.92. The highest BCUT2D eigenvalue weighted by Crippen LogP contribution is 2.41. The van der Waals surface area contributed by atoms with E-state index in [2.05, 4.69) is 5.32 Å². The van der Waals surface area contributed by atoms with Gasteiger partial charge in [-0.15, -0.1) is 0 Å². The average molecular weight is 301 g/mol. The lowest BCUT2D eigenvalue weighted by molar-refractivity contribution is 0.0931. The van der Waals surface area contributed by atoms with Crippen molar-refractivity contribution in [2.75, 3.05) is 0 Å². The molecule has 2 nitrogen and oxygen atoms in total. The summed E-state index contributed by atoms with van der Waals surface area (Å²) < 4.78 is 26.2. The molecule has 22 heavy (non-hydrogen) atoms. The molecule has 0 radical (unpaired) electrons. The van der Waals surface area contributed by atoms with Gasteiger partial charge in [-0.25, -0.2) is 8.78 Å². The molecule has 0 aromatic heterocycles. The molecule has 1 aliphatic rings. The molecule has 1 unspecified atom stereocenters. The van der Waals surface area contributed by atoms with Crippen molar-refractivity contribution in [3.05, 3.63) is 70.8 Å². The maximum atomic E-state index is 13.3. The molecule has 1 atom stereocenters. The summed E-state index contributed by atoms with van der Waals surface area (Å²) in [5.41, 5.74) is 2.34. The van der Waals surface area contributed by atoms with Gasteiger partial charge in [0.1, 0.15) is 0 Å². The fraction of sp³-hybridized carbons (Fsp3) is 0.278. The lowest BCUT2D eigenvalue weighted by Gasteiger charge is -2.19. The zero-order valence-corrected chi connectivity index (χ0v) is 12.3. The Bertz CT molecular complexity index is 693. The van der Waals surface area contributed by atoms with Crippen molar-refractivity contribution in [3.63, 3.8) is 0 Å². The molecular weight excluding hydrogens is 284 g/mol. The minimum atomic E-state index is -1.01. The SMILES string of the molecule is Cc1ccc(C(NC(=O)c2ccc(F)c(F)c2)C2CC2)cc1. The number of nitrogens with one attached hydrogen (secondary N) is 1. The molecule has 1 aliphatic carbocycles. The standard InChI is InChI=1S/C18H17F2NO/c1-11-2-4-12(5-3-11)17(13-6-7-13)21-18(22)14-8-9-15(19)16(20)10-14/h2-5,8-10,13,17H,6-7H2,1H3,(H,21,22). The van der Waals surface area contributed by atoms with Gasteiger partial charge in [0.25, 0.3) is 5.91 Å². The predicted molar refractivity (Wildman–Crippen MR) is 80.5 cm³/mol. The Balaban J connectivity index is 1.80. The van der Waals surface area contributed by atoms with E-state index in [4.69, 9.17) is 0 Å². The van der Waals surface area contributed by atoms with Gasteiger partial charge in [0.15, 0.2) is 11.6 Å². The van der Waals surface area contributed by atoms with Crippen LogP contribution in [0.2, 0.25) is 0 Å². The lowest BCUT2D eigenvalue weighted by Crippen LogP contribution is -2.30. The van der Waals surface area contributed by atoms with E-state index in [1.54, 1.807) is 0 Å². The van der Waals surface area contributed by atoms with Gasteiger partial charge in [0.05, 0.1) is 6.04 Å². The van der Waals surface area contributed by atoms with E-state index < -0.39 is 11.6 Å². The van der Waals surface area contributed by atoms with Crippen LogP contribution >= 0.6 is 0 Å². The second-order valence-corrected chi connectivity index (χ2v) is 5.83. The van der Waals surface area contributed by atoms with Crippen molar-refractivity contribution in [1.82, 2.24) is 5.32 Å². The van der Waals surface area contributed by atoms with Crippen LogP contribution < -0.4 is 5.32 Å². The van der Waals surface area contributed by atoms with Crippen molar-refractivity contribution >= 4 is 5.91 Å². The van der Waals surface area contributed by atoms with E-state index in [0.29, 0.717) is 5.92 Å². The molecule has 1 saturated carbocycles. The molecule has 1 N–H and O–H groups in total. The number of rotatable bonds is 4. The second kappa shape index (κ2) is 5.87. The van der Waals surface area contributed by atoms with Gasteiger partial charge in [-0.1, -0.05) is 29.8 Å². The molecule has 3 rings (SSSR count). The first-order valence-electron chi connectivity index (χ1n) is 7.37. The third kappa shape index (κ3) is 3.16. The van der Waals surface area contributed by atoms with Gasteiger partial charge in [-0.05, 0) is 49.4 Å². The van der Waals surface area contributed by atoms with Crippen LogP contribution in [0.15, 0.2) is 42.5 Å². The first-order chi connectivity index (χ1) is 10.5. The zero-order chi connectivity index (χ0) is 15.7. The molecule has 1 amide bonds. The average Bonchev–Trinajstić information content (AvgIpc) is 3.33. The van der Waals surface area contributed by atoms with E-state index in [0.717, 1.165) is 36.1 Å².